The van der Waals surface area contributed by atoms with Crippen molar-refractivity contribution in [3.63, 3.8) is 0 Å². The van der Waals surface area contributed by atoms with Crippen LogP contribution in [0.3, 0.4) is 0 Å². The number of phenolic OH excluding ortho intramolecular Hbond substituents is 1. The lowest BCUT2D eigenvalue weighted by atomic mass is 10.1. The van der Waals surface area contributed by atoms with Gasteiger partial charge in [-0.25, -0.2) is 0 Å². The second-order valence-electron chi connectivity index (χ2n) is 4.08. The SMILES string of the molecule is COCCN(CCC#N)C(=O)c1cc(OC)ccc1O. The molecule has 0 unspecified atom stereocenters. The lowest BCUT2D eigenvalue weighted by Gasteiger charge is -2.22. The Hall–Kier alpha value is -2.26. The predicted molar refractivity (Wildman–Crippen MR) is 72.7 cm³/mol. The number of hydrogen-bond acceptors (Lipinski definition) is 5. The van der Waals surface area contributed by atoms with Gasteiger partial charge in [-0.2, -0.15) is 5.26 Å². The van der Waals surface area contributed by atoms with Crippen molar-refractivity contribution in [1.82, 2.24) is 4.90 Å². The van der Waals surface area contributed by atoms with E-state index < -0.39 is 0 Å². The van der Waals surface area contributed by atoms with Crippen molar-refractivity contribution in [2.24, 2.45) is 0 Å². The number of amides is 1. The Balaban J connectivity index is 2.95. The molecule has 1 aromatic carbocycles. The van der Waals surface area contributed by atoms with Crippen LogP contribution in [-0.2, 0) is 4.74 Å². The number of methoxy groups -OCH3 is 2. The first-order chi connectivity index (χ1) is 9.63. The number of aromatic hydroxyl groups is 1. The molecule has 6 nitrogen and oxygen atoms in total. The second kappa shape index (κ2) is 8.02. The van der Waals surface area contributed by atoms with Crippen molar-refractivity contribution >= 4 is 5.91 Å². The maximum absolute atomic E-state index is 12.4. The van der Waals surface area contributed by atoms with Crippen molar-refractivity contribution in [3.8, 4) is 17.6 Å². The van der Waals surface area contributed by atoms with Gasteiger partial charge in [0.1, 0.15) is 11.5 Å². The minimum Gasteiger partial charge on any atom is -0.507 e. The first-order valence-electron chi connectivity index (χ1n) is 6.16. The molecule has 1 N–H and O–H groups in total. The zero-order valence-corrected chi connectivity index (χ0v) is 11.6. The van der Waals surface area contributed by atoms with Gasteiger partial charge in [-0.15, -0.1) is 0 Å². The quantitative estimate of drug-likeness (QED) is 0.815. The van der Waals surface area contributed by atoms with Crippen LogP contribution in [0.5, 0.6) is 11.5 Å². The van der Waals surface area contributed by atoms with E-state index in [1.165, 1.54) is 31.3 Å². The molecule has 0 saturated heterocycles. The fraction of sp³-hybridized carbons (Fsp3) is 0.429. The summed E-state index contributed by atoms with van der Waals surface area (Å²) in [5, 5.41) is 18.4. The van der Waals surface area contributed by atoms with Crippen molar-refractivity contribution in [2.45, 2.75) is 6.42 Å². The average Bonchev–Trinajstić information content (AvgIpc) is 2.47. The summed E-state index contributed by atoms with van der Waals surface area (Å²) in [5.74, 6) is 0.0157. The number of rotatable bonds is 7. The van der Waals surface area contributed by atoms with E-state index in [1.54, 1.807) is 6.07 Å². The van der Waals surface area contributed by atoms with Gasteiger partial charge in [-0.1, -0.05) is 0 Å². The molecule has 20 heavy (non-hydrogen) atoms. The second-order valence-corrected chi connectivity index (χ2v) is 4.08. The first kappa shape index (κ1) is 15.8. The summed E-state index contributed by atoms with van der Waals surface area (Å²) in [4.78, 5) is 13.9. The average molecular weight is 278 g/mol. The summed E-state index contributed by atoms with van der Waals surface area (Å²) in [6.45, 7) is 1.00. The number of hydrogen-bond donors (Lipinski definition) is 1. The zero-order valence-electron chi connectivity index (χ0n) is 11.6. The maximum Gasteiger partial charge on any atom is 0.257 e. The van der Waals surface area contributed by atoms with E-state index in [0.29, 0.717) is 18.9 Å². The Morgan fingerprint density at radius 1 is 1.40 bits per heavy atom. The Kier molecular flexibility index (Phi) is 6.33. The van der Waals surface area contributed by atoms with Gasteiger partial charge in [0, 0.05) is 20.2 Å². The van der Waals surface area contributed by atoms with E-state index in [9.17, 15) is 9.90 Å². The van der Waals surface area contributed by atoms with Crippen LogP contribution in [0, 0.1) is 11.3 Å². The van der Waals surface area contributed by atoms with Crippen LogP contribution in [0.4, 0.5) is 0 Å². The number of nitrogens with zero attached hydrogens (tertiary/aromatic N) is 2. The van der Waals surface area contributed by atoms with Gasteiger partial charge >= 0.3 is 0 Å². The third kappa shape index (κ3) is 4.14. The Morgan fingerprint density at radius 3 is 2.75 bits per heavy atom. The summed E-state index contributed by atoms with van der Waals surface area (Å²) in [6, 6.07) is 6.45. The zero-order chi connectivity index (χ0) is 15.0. The van der Waals surface area contributed by atoms with Crippen LogP contribution >= 0.6 is 0 Å². The number of carbonyl (C=O) groups excluding carboxylic acids is 1. The fourth-order valence-corrected chi connectivity index (χ4v) is 1.69. The molecule has 0 spiro atoms. The van der Waals surface area contributed by atoms with Crippen LogP contribution in [0.25, 0.3) is 0 Å². The number of benzene rings is 1. The van der Waals surface area contributed by atoms with E-state index in [-0.39, 0.29) is 30.2 Å². The molecular formula is C14H18N2O4. The molecule has 1 rings (SSSR count). The molecule has 1 aromatic rings. The van der Waals surface area contributed by atoms with Crippen LogP contribution in [0.1, 0.15) is 16.8 Å². The first-order valence-corrected chi connectivity index (χ1v) is 6.16. The largest absolute Gasteiger partial charge is 0.507 e. The van der Waals surface area contributed by atoms with Gasteiger partial charge in [0.15, 0.2) is 0 Å². The Bertz CT molecular complexity index is 496. The van der Waals surface area contributed by atoms with Gasteiger partial charge in [0.05, 0.1) is 31.8 Å². The van der Waals surface area contributed by atoms with Gasteiger partial charge in [-0.3, -0.25) is 4.79 Å². The van der Waals surface area contributed by atoms with Gasteiger partial charge in [0.25, 0.3) is 5.91 Å². The molecule has 0 saturated carbocycles. The summed E-state index contributed by atoms with van der Waals surface area (Å²) >= 11 is 0. The van der Waals surface area contributed by atoms with E-state index in [4.69, 9.17) is 14.7 Å². The molecule has 0 aromatic heterocycles. The Labute approximate surface area is 118 Å². The van der Waals surface area contributed by atoms with E-state index in [0.717, 1.165) is 0 Å². The third-order valence-corrected chi connectivity index (χ3v) is 2.78. The normalized spacial score (nSPS) is 9.85. The topological polar surface area (TPSA) is 82.8 Å². The van der Waals surface area contributed by atoms with Crippen molar-refractivity contribution in [2.75, 3.05) is 33.9 Å². The molecule has 108 valence electrons. The number of phenols is 1. The molecule has 0 aliphatic rings. The summed E-state index contributed by atoms with van der Waals surface area (Å²) in [6.07, 6.45) is 0.222. The maximum atomic E-state index is 12.4. The number of nitriles is 1. The highest BCUT2D eigenvalue weighted by Crippen LogP contribution is 2.24. The Morgan fingerprint density at radius 2 is 2.15 bits per heavy atom. The minimum atomic E-state index is -0.353. The van der Waals surface area contributed by atoms with E-state index in [2.05, 4.69) is 0 Å². The highest BCUT2D eigenvalue weighted by atomic mass is 16.5. The van der Waals surface area contributed by atoms with Gasteiger partial charge < -0.3 is 19.5 Å². The molecule has 0 bridgehead atoms. The number of ether oxygens (including phenoxy) is 2. The summed E-state index contributed by atoms with van der Waals surface area (Å²) in [5.41, 5.74) is 0.151. The van der Waals surface area contributed by atoms with E-state index in [1.807, 2.05) is 6.07 Å². The van der Waals surface area contributed by atoms with Crippen LogP contribution < -0.4 is 4.74 Å². The molecule has 0 heterocycles. The summed E-state index contributed by atoms with van der Waals surface area (Å²) in [7, 11) is 3.02. The van der Waals surface area contributed by atoms with Crippen LogP contribution in [-0.4, -0.2) is 49.8 Å². The molecule has 6 heteroatoms. The predicted octanol–water partition coefficient (Wildman–Crippen LogP) is 1.40. The van der Waals surface area contributed by atoms with Crippen molar-refractivity contribution in [3.05, 3.63) is 23.8 Å². The molecule has 0 aliphatic heterocycles. The molecule has 0 fully saturated rings. The lowest BCUT2D eigenvalue weighted by molar-refractivity contribution is 0.0696. The highest BCUT2D eigenvalue weighted by molar-refractivity contribution is 5.97. The molecule has 0 aliphatic carbocycles. The van der Waals surface area contributed by atoms with Gasteiger partial charge in [0.2, 0.25) is 0 Å². The highest BCUT2D eigenvalue weighted by Gasteiger charge is 2.19. The minimum absolute atomic E-state index is 0.116. The smallest absolute Gasteiger partial charge is 0.257 e. The molecular weight excluding hydrogens is 260 g/mol. The van der Waals surface area contributed by atoms with Crippen molar-refractivity contribution in [1.29, 1.82) is 5.26 Å². The summed E-state index contributed by atoms with van der Waals surface area (Å²) < 4.78 is 9.99. The molecule has 1 amide bonds. The molecule has 0 atom stereocenters. The third-order valence-electron chi connectivity index (χ3n) is 2.78. The molecule has 0 radical (unpaired) electrons. The van der Waals surface area contributed by atoms with Crippen LogP contribution in [0.15, 0.2) is 18.2 Å². The van der Waals surface area contributed by atoms with Crippen LogP contribution in [0.2, 0.25) is 0 Å². The van der Waals surface area contributed by atoms with Gasteiger partial charge in [-0.05, 0) is 18.2 Å². The monoisotopic (exact) mass is 278 g/mol. The number of carbonyl (C=O) groups is 1. The standard InChI is InChI=1S/C14H18N2O4/c1-19-9-8-16(7-3-6-15)14(18)12-10-11(20-2)4-5-13(12)17/h4-5,10,17H,3,7-9H2,1-2H3. The van der Waals surface area contributed by atoms with Crippen molar-refractivity contribution < 1.29 is 19.4 Å². The lowest BCUT2D eigenvalue weighted by Crippen LogP contribution is -2.34. The fourth-order valence-electron chi connectivity index (χ4n) is 1.69. The van der Waals surface area contributed by atoms with E-state index >= 15 is 0 Å².